The zero-order valence-corrected chi connectivity index (χ0v) is 14.6. The minimum atomic E-state index is -1.15. The van der Waals surface area contributed by atoms with E-state index in [4.69, 9.17) is 5.73 Å². The van der Waals surface area contributed by atoms with Gasteiger partial charge in [0.25, 0.3) is 5.91 Å². The van der Waals surface area contributed by atoms with Gasteiger partial charge in [-0.15, -0.1) is 11.8 Å². The standard InChI is InChI=1S/C16H17N3O5S.H2O/c1-7-6-25-15-11(14(22)19(15)12(7)16(23)24)18-13(21)10(17)8-2-4-9(20)5-3-8;/h2-5,10-11,15,20H,6,17H2,1H3,(H,18,21)(H,23,24);1H2/t10-,11?,15-;/m1./s1. The summed E-state index contributed by atoms with van der Waals surface area (Å²) in [5, 5.41) is 20.7. The molecule has 3 rings (SSSR count). The van der Waals surface area contributed by atoms with Crippen molar-refractivity contribution in [1.29, 1.82) is 0 Å². The van der Waals surface area contributed by atoms with Crippen LogP contribution in [0.1, 0.15) is 18.5 Å². The molecule has 3 atom stereocenters. The lowest BCUT2D eigenvalue weighted by atomic mass is 10.0. The van der Waals surface area contributed by atoms with Crippen molar-refractivity contribution in [3.8, 4) is 5.75 Å². The lowest BCUT2D eigenvalue weighted by molar-refractivity contribution is -0.150. The van der Waals surface area contributed by atoms with Gasteiger partial charge in [-0.1, -0.05) is 12.1 Å². The molecule has 2 aliphatic rings. The highest BCUT2D eigenvalue weighted by Gasteiger charge is 2.53. The van der Waals surface area contributed by atoms with E-state index in [0.29, 0.717) is 16.9 Å². The molecule has 2 aliphatic heterocycles. The van der Waals surface area contributed by atoms with Crippen LogP contribution in [0.15, 0.2) is 35.5 Å². The van der Waals surface area contributed by atoms with Gasteiger partial charge in [0.2, 0.25) is 5.91 Å². The van der Waals surface area contributed by atoms with E-state index in [1.807, 2.05) is 0 Å². The molecule has 1 aromatic rings. The third kappa shape index (κ3) is 3.26. The molecule has 1 saturated heterocycles. The summed E-state index contributed by atoms with van der Waals surface area (Å²) in [6, 6.07) is 4.09. The third-order valence-corrected chi connectivity index (χ3v) is 5.62. The number of benzene rings is 1. The summed E-state index contributed by atoms with van der Waals surface area (Å²) in [7, 11) is 0. The number of β-lactam (4-membered cyclic amide) rings is 1. The molecule has 0 aromatic heterocycles. The van der Waals surface area contributed by atoms with Gasteiger partial charge >= 0.3 is 5.97 Å². The Bertz CT molecular complexity index is 779. The first-order chi connectivity index (χ1) is 11.8. The molecule has 0 aliphatic carbocycles. The maximum Gasteiger partial charge on any atom is 0.352 e. The summed E-state index contributed by atoms with van der Waals surface area (Å²) < 4.78 is 0. The highest BCUT2D eigenvalue weighted by Crippen LogP contribution is 2.40. The lowest BCUT2D eigenvalue weighted by Gasteiger charge is -2.49. The Labute approximate surface area is 153 Å². The van der Waals surface area contributed by atoms with Gasteiger partial charge in [0.1, 0.15) is 28.9 Å². The van der Waals surface area contributed by atoms with E-state index >= 15 is 0 Å². The Hall–Kier alpha value is -2.56. The van der Waals surface area contributed by atoms with Gasteiger partial charge in [-0.2, -0.15) is 0 Å². The number of aliphatic carboxylic acids is 1. The molecule has 0 saturated carbocycles. The highest BCUT2D eigenvalue weighted by molar-refractivity contribution is 8.00. The zero-order valence-electron chi connectivity index (χ0n) is 13.8. The molecule has 140 valence electrons. The van der Waals surface area contributed by atoms with Gasteiger partial charge in [-0.25, -0.2) is 4.79 Å². The molecule has 0 radical (unpaired) electrons. The van der Waals surface area contributed by atoms with Crippen molar-refractivity contribution in [2.45, 2.75) is 24.4 Å². The summed E-state index contributed by atoms with van der Waals surface area (Å²) in [5.41, 5.74) is 7.00. The van der Waals surface area contributed by atoms with Gasteiger partial charge in [0.05, 0.1) is 0 Å². The van der Waals surface area contributed by atoms with E-state index in [9.17, 15) is 24.6 Å². The molecule has 26 heavy (non-hydrogen) atoms. The van der Waals surface area contributed by atoms with E-state index in [1.165, 1.54) is 40.9 Å². The molecule has 1 fully saturated rings. The number of amides is 2. The van der Waals surface area contributed by atoms with Gasteiger partial charge in [-0.05, 0) is 30.2 Å². The van der Waals surface area contributed by atoms with Crippen molar-refractivity contribution >= 4 is 29.5 Å². The van der Waals surface area contributed by atoms with Crippen LogP contribution in [0.5, 0.6) is 5.75 Å². The van der Waals surface area contributed by atoms with Crippen LogP contribution in [0.2, 0.25) is 0 Å². The van der Waals surface area contributed by atoms with Gasteiger partial charge < -0.3 is 26.7 Å². The number of hydrogen-bond acceptors (Lipinski definition) is 6. The van der Waals surface area contributed by atoms with E-state index in [1.54, 1.807) is 6.92 Å². The maximum absolute atomic E-state index is 12.3. The van der Waals surface area contributed by atoms with Gasteiger partial charge in [-0.3, -0.25) is 14.5 Å². The number of phenolic OH excluding ortho intramolecular Hbond substituents is 1. The predicted molar refractivity (Wildman–Crippen MR) is 94.0 cm³/mol. The average molecular weight is 381 g/mol. The minimum Gasteiger partial charge on any atom is -0.508 e. The minimum absolute atomic E-state index is 0. The Kier molecular flexibility index (Phi) is 5.59. The van der Waals surface area contributed by atoms with Crippen molar-refractivity contribution in [2.24, 2.45) is 5.73 Å². The summed E-state index contributed by atoms with van der Waals surface area (Å²) in [5.74, 6) is -1.61. The van der Waals surface area contributed by atoms with Crippen LogP contribution in [-0.4, -0.2) is 55.5 Å². The Morgan fingerprint density at radius 2 is 1.96 bits per heavy atom. The van der Waals surface area contributed by atoms with Crippen molar-refractivity contribution in [3.05, 3.63) is 41.1 Å². The largest absolute Gasteiger partial charge is 0.508 e. The van der Waals surface area contributed by atoms with Crippen LogP contribution < -0.4 is 11.1 Å². The molecule has 0 bridgehead atoms. The van der Waals surface area contributed by atoms with Crippen molar-refractivity contribution in [1.82, 2.24) is 10.2 Å². The number of fused-ring (bicyclic) bond motifs is 1. The predicted octanol–water partition coefficient (Wildman–Crippen LogP) is -0.674. The zero-order chi connectivity index (χ0) is 18.3. The molecule has 2 amide bonds. The highest BCUT2D eigenvalue weighted by atomic mass is 32.2. The van der Waals surface area contributed by atoms with E-state index in [2.05, 4.69) is 5.32 Å². The van der Waals surface area contributed by atoms with E-state index in [0.717, 1.165) is 0 Å². The normalized spacial score (nSPS) is 22.7. The number of phenols is 1. The monoisotopic (exact) mass is 381 g/mol. The van der Waals surface area contributed by atoms with Crippen LogP contribution in [0.25, 0.3) is 0 Å². The average Bonchev–Trinajstić information content (AvgIpc) is 2.58. The second kappa shape index (κ2) is 7.36. The van der Waals surface area contributed by atoms with Crippen LogP contribution in [0.4, 0.5) is 0 Å². The van der Waals surface area contributed by atoms with Gasteiger partial charge in [0, 0.05) is 5.75 Å². The summed E-state index contributed by atoms with van der Waals surface area (Å²) in [6.07, 6.45) is 0. The Morgan fingerprint density at radius 1 is 1.35 bits per heavy atom. The molecule has 10 heteroatoms. The van der Waals surface area contributed by atoms with Crippen molar-refractivity contribution < 1.29 is 30.1 Å². The lowest BCUT2D eigenvalue weighted by Crippen LogP contribution is -2.71. The summed E-state index contributed by atoms with van der Waals surface area (Å²) in [4.78, 5) is 37.2. The smallest absolute Gasteiger partial charge is 0.352 e. The fourth-order valence-electron chi connectivity index (χ4n) is 2.85. The van der Waals surface area contributed by atoms with E-state index < -0.39 is 35.2 Å². The quantitative estimate of drug-likeness (QED) is 0.502. The molecular formula is C16H19N3O6S. The van der Waals surface area contributed by atoms with E-state index in [-0.39, 0.29) is 16.9 Å². The van der Waals surface area contributed by atoms with Gasteiger partial charge in [0.15, 0.2) is 0 Å². The number of carbonyl (C=O) groups is 3. The molecule has 7 N–H and O–H groups in total. The van der Waals surface area contributed by atoms with Crippen LogP contribution in [-0.2, 0) is 14.4 Å². The molecule has 2 heterocycles. The number of carbonyl (C=O) groups excluding carboxylic acids is 2. The maximum atomic E-state index is 12.3. The SMILES string of the molecule is CC1=C(C(=O)O)N2C(=O)C(NC(=O)[C@H](N)c3ccc(O)cc3)[C@H]2SC1.O. The fourth-order valence-corrected chi connectivity index (χ4v) is 4.14. The third-order valence-electron chi connectivity index (χ3n) is 4.19. The number of aromatic hydroxyl groups is 1. The fraction of sp³-hybridized carbons (Fsp3) is 0.312. The number of rotatable bonds is 4. The second-order valence-corrected chi connectivity index (χ2v) is 7.00. The number of nitrogens with one attached hydrogen (secondary N) is 1. The molecular weight excluding hydrogens is 362 g/mol. The second-order valence-electron chi connectivity index (χ2n) is 5.90. The van der Waals surface area contributed by atoms with Crippen LogP contribution in [0, 0.1) is 0 Å². The number of carboxylic acids is 1. The molecule has 0 spiro atoms. The first-order valence-electron chi connectivity index (χ1n) is 7.54. The first-order valence-corrected chi connectivity index (χ1v) is 8.58. The van der Waals surface area contributed by atoms with Crippen LogP contribution >= 0.6 is 11.8 Å². The molecule has 1 aromatic carbocycles. The van der Waals surface area contributed by atoms with Crippen LogP contribution in [0.3, 0.4) is 0 Å². The van der Waals surface area contributed by atoms with Crippen molar-refractivity contribution in [3.63, 3.8) is 0 Å². The first kappa shape index (κ1) is 19.8. The molecule has 1 unspecified atom stereocenters. The number of thioether (sulfide) groups is 1. The number of hydrogen-bond donors (Lipinski definition) is 4. The Morgan fingerprint density at radius 3 is 2.54 bits per heavy atom. The number of carboxylic acid groups (broad SMARTS) is 1. The number of nitrogens with two attached hydrogens (primary N) is 1. The molecule has 9 nitrogen and oxygen atoms in total. The Balaban J connectivity index is 0.00000243. The van der Waals surface area contributed by atoms with Crippen molar-refractivity contribution in [2.75, 3.05) is 5.75 Å². The topological polar surface area (TPSA) is 164 Å². The summed E-state index contributed by atoms with van der Waals surface area (Å²) >= 11 is 1.40. The summed E-state index contributed by atoms with van der Waals surface area (Å²) in [6.45, 7) is 1.67. The number of nitrogens with zero attached hydrogens (tertiary/aromatic N) is 1.